The molecule has 0 spiro atoms. The van der Waals surface area contributed by atoms with Gasteiger partial charge in [0.1, 0.15) is 12.4 Å². The fourth-order valence-corrected chi connectivity index (χ4v) is 3.54. The van der Waals surface area contributed by atoms with E-state index in [1.54, 1.807) is 0 Å². The molecule has 0 aliphatic carbocycles. The van der Waals surface area contributed by atoms with Crippen LogP contribution >= 0.6 is 11.3 Å². The zero-order valence-electron chi connectivity index (χ0n) is 13.2. The van der Waals surface area contributed by atoms with E-state index >= 15 is 0 Å². The summed E-state index contributed by atoms with van der Waals surface area (Å²) in [7, 11) is 0. The van der Waals surface area contributed by atoms with Crippen LogP contribution in [0.25, 0.3) is 0 Å². The molecular weight excluding hydrogens is 292 g/mol. The van der Waals surface area contributed by atoms with Crippen LogP contribution in [0.4, 0.5) is 0 Å². The van der Waals surface area contributed by atoms with E-state index in [0.717, 1.165) is 51.6 Å². The molecule has 1 saturated heterocycles. The molecule has 118 valence electrons. The average molecular weight is 316 g/mol. The highest BCUT2D eigenvalue weighted by Crippen LogP contribution is 2.16. The Morgan fingerprint density at radius 1 is 1.00 bits per heavy atom. The van der Waals surface area contributed by atoms with Crippen LogP contribution in [0, 0.1) is 6.92 Å². The second kappa shape index (κ2) is 7.77. The van der Waals surface area contributed by atoms with Crippen LogP contribution in [0.5, 0.6) is 5.75 Å². The largest absolute Gasteiger partial charge is 0.492 e. The van der Waals surface area contributed by atoms with Crippen molar-refractivity contribution in [2.45, 2.75) is 13.5 Å². The third kappa shape index (κ3) is 4.32. The van der Waals surface area contributed by atoms with Gasteiger partial charge in [0.25, 0.3) is 0 Å². The van der Waals surface area contributed by atoms with Gasteiger partial charge in [0.2, 0.25) is 0 Å². The summed E-state index contributed by atoms with van der Waals surface area (Å²) in [4.78, 5) is 6.52. The van der Waals surface area contributed by atoms with Crippen molar-refractivity contribution in [2.75, 3.05) is 39.3 Å². The second-order valence-electron chi connectivity index (χ2n) is 5.81. The van der Waals surface area contributed by atoms with Gasteiger partial charge in [-0.3, -0.25) is 9.80 Å². The predicted molar refractivity (Wildman–Crippen MR) is 92.7 cm³/mol. The molecule has 0 radical (unpaired) electrons. The molecule has 0 atom stereocenters. The van der Waals surface area contributed by atoms with E-state index in [0.29, 0.717) is 0 Å². The monoisotopic (exact) mass is 316 g/mol. The Kier molecular flexibility index (Phi) is 5.48. The number of aryl methyl sites for hydroxylation is 1. The second-order valence-corrected chi connectivity index (χ2v) is 6.84. The van der Waals surface area contributed by atoms with Crippen LogP contribution in [-0.2, 0) is 6.54 Å². The molecule has 22 heavy (non-hydrogen) atoms. The summed E-state index contributed by atoms with van der Waals surface area (Å²) < 4.78 is 5.90. The quantitative estimate of drug-likeness (QED) is 0.813. The molecule has 1 fully saturated rings. The smallest absolute Gasteiger partial charge is 0.122 e. The average Bonchev–Trinajstić information content (AvgIpc) is 3.04. The molecule has 1 aliphatic rings. The third-order valence-corrected chi connectivity index (χ3v) is 5.04. The molecule has 0 saturated carbocycles. The van der Waals surface area contributed by atoms with Crippen LogP contribution in [-0.4, -0.2) is 49.1 Å². The van der Waals surface area contributed by atoms with Gasteiger partial charge in [0.15, 0.2) is 0 Å². The van der Waals surface area contributed by atoms with Gasteiger partial charge in [-0.25, -0.2) is 0 Å². The first-order valence-electron chi connectivity index (χ1n) is 7.97. The molecule has 0 bridgehead atoms. The third-order valence-electron chi connectivity index (χ3n) is 4.18. The van der Waals surface area contributed by atoms with E-state index in [-0.39, 0.29) is 0 Å². The van der Waals surface area contributed by atoms with Crippen LogP contribution in [0.1, 0.15) is 10.4 Å². The van der Waals surface area contributed by atoms with Gasteiger partial charge in [-0.1, -0.05) is 24.3 Å². The maximum Gasteiger partial charge on any atom is 0.122 e. The highest BCUT2D eigenvalue weighted by Gasteiger charge is 2.17. The van der Waals surface area contributed by atoms with Crippen LogP contribution in [0.3, 0.4) is 0 Å². The summed E-state index contributed by atoms with van der Waals surface area (Å²) in [6, 6.07) is 12.6. The van der Waals surface area contributed by atoms with E-state index < -0.39 is 0 Å². The van der Waals surface area contributed by atoms with Gasteiger partial charge in [-0.05, 0) is 30.0 Å². The highest BCUT2D eigenvalue weighted by atomic mass is 32.1. The molecule has 0 amide bonds. The summed E-state index contributed by atoms with van der Waals surface area (Å²) in [6.07, 6.45) is 0. The van der Waals surface area contributed by atoms with E-state index in [2.05, 4.69) is 46.4 Å². The van der Waals surface area contributed by atoms with Crippen molar-refractivity contribution in [3.05, 3.63) is 52.2 Å². The van der Waals surface area contributed by atoms with Crippen molar-refractivity contribution >= 4 is 11.3 Å². The molecule has 1 aromatic heterocycles. The number of hydrogen-bond acceptors (Lipinski definition) is 4. The lowest BCUT2D eigenvalue weighted by molar-refractivity contribution is 0.113. The number of ether oxygens (including phenoxy) is 1. The Balaban J connectivity index is 1.36. The van der Waals surface area contributed by atoms with E-state index in [4.69, 9.17) is 4.74 Å². The maximum absolute atomic E-state index is 5.90. The number of thiophene rings is 1. The van der Waals surface area contributed by atoms with Crippen molar-refractivity contribution in [2.24, 2.45) is 0 Å². The molecule has 0 N–H and O–H groups in total. The Morgan fingerprint density at radius 3 is 2.50 bits per heavy atom. The van der Waals surface area contributed by atoms with Gasteiger partial charge >= 0.3 is 0 Å². The van der Waals surface area contributed by atoms with Crippen LogP contribution in [0.2, 0.25) is 0 Å². The summed E-state index contributed by atoms with van der Waals surface area (Å²) in [5, 5.41) is 2.16. The number of para-hydroxylation sites is 1. The minimum Gasteiger partial charge on any atom is -0.492 e. The standard InChI is InChI=1S/C18H24N2OS/c1-16-5-2-3-7-18(16)21-13-12-19-8-10-20(11-9-19)15-17-6-4-14-22-17/h2-7,14H,8-13,15H2,1H3. The van der Waals surface area contributed by atoms with Crippen LogP contribution < -0.4 is 4.74 Å². The zero-order valence-corrected chi connectivity index (χ0v) is 14.0. The van der Waals surface area contributed by atoms with Crippen molar-refractivity contribution in [3.8, 4) is 5.75 Å². The minimum atomic E-state index is 0.774. The lowest BCUT2D eigenvalue weighted by atomic mass is 10.2. The van der Waals surface area contributed by atoms with Gasteiger partial charge in [0, 0.05) is 44.1 Å². The molecular formula is C18H24N2OS. The normalized spacial score (nSPS) is 16.8. The summed E-state index contributed by atoms with van der Waals surface area (Å²) in [6.45, 7) is 9.58. The van der Waals surface area contributed by atoms with E-state index in [9.17, 15) is 0 Å². The Hall–Kier alpha value is -1.36. The first-order chi connectivity index (χ1) is 10.8. The molecule has 0 unspecified atom stereocenters. The fraction of sp³-hybridized carbons (Fsp3) is 0.444. The van der Waals surface area contributed by atoms with E-state index in [1.165, 1.54) is 10.4 Å². The molecule has 4 heteroatoms. The zero-order chi connectivity index (χ0) is 15.2. The topological polar surface area (TPSA) is 15.7 Å². The first-order valence-corrected chi connectivity index (χ1v) is 8.85. The lowest BCUT2D eigenvalue weighted by Crippen LogP contribution is -2.46. The van der Waals surface area contributed by atoms with E-state index in [1.807, 2.05) is 23.5 Å². The SMILES string of the molecule is Cc1ccccc1OCCN1CCN(Cc2cccs2)CC1. The van der Waals surface area contributed by atoms with Crippen molar-refractivity contribution in [1.29, 1.82) is 0 Å². The lowest BCUT2D eigenvalue weighted by Gasteiger charge is -2.34. The van der Waals surface area contributed by atoms with Gasteiger partial charge in [-0.2, -0.15) is 0 Å². The minimum absolute atomic E-state index is 0.774. The molecule has 3 nitrogen and oxygen atoms in total. The number of hydrogen-bond donors (Lipinski definition) is 0. The highest BCUT2D eigenvalue weighted by molar-refractivity contribution is 7.09. The maximum atomic E-state index is 5.90. The predicted octanol–water partition coefficient (Wildman–Crippen LogP) is 3.25. The fourth-order valence-electron chi connectivity index (χ4n) is 2.80. The molecule has 2 aromatic rings. The van der Waals surface area contributed by atoms with Crippen LogP contribution in [0.15, 0.2) is 41.8 Å². The first kappa shape index (κ1) is 15.5. The van der Waals surface area contributed by atoms with Crippen molar-refractivity contribution < 1.29 is 4.74 Å². The Bertz CT molecular complexity index is 562. The Labute approximate surface area is 137 Å². The molecule has 1 aliphatic heterocycles. The van der Waals surface area contributed by atoms with Crippen molar-refractivity contribution in [1.82, 2.24) is 9.80 Å². The van der Waals surface area contributed by atoms with Gasteiger partial charge < -0.3 is 4.74 Å². The van der Waals surface area contributed by atoms with Crippen molar-refractivity contribution in [3.63, 3.8) is 0 Å². The number of rotatable bonds is 6. The summed E-state index contributed by atoms with van der Waals surface area (Å²) in [5.74, 6) is 1.01. The summed E-state index contributed by atoms with van der Waals surface area (Å²) >= 11 is 1.85. The summed E-state index contributed by atoms with van der Waals surface area (Å²) in [5.41, 5.74) is 1.21. The molecule has 1 aromatic carbocycles. The van der Waals surface area contributed by atoms with Gasteiger partial charge in [-0.15, -0.1) is 11.3 Å². The number of nitrogens with zero attached hydrogens (tertiary/aromatic N) is 2. The Morgan fingerprint density at radius 2 is 1.77 bits per heavy atom. The molecule has 2 heterocycles. The number of benzene rings is 1. The molecule has 3 rings (SSSR count). The van der Waals surface area contributed by atoms with Gasteiger partial charge in [0.05, 0.1) is 0 Å². The number of piperazine rings is 1.